The van der Waals surface area contributed by atoms with Crippen molar-refractivity contribution in [2.45, 2.75) is 19.7 Å². The molecule has 0 spiro atoms. The first-order valence-electron chi connectivity index (χ1n) is 4.85. The zero-order valence-electron chi connectivity index (χ0n) is 8.97. The molecule has 0 radical (unpaired) electrons. The summed E-state index contributed by atoms with van der Waals surface area (Å²) in [4.78, 5) is 11.5. The maximum atomic E-state index is 12.2. The molecule has 1 aromatic carbocycles. The second-order valence-electron chi connectivity index (χ2n) is 3.25. The minimum absolute atomic E-state index is 0.0951. The van der Waals surface area contributed by atoms with Gasteiger partial charge in [0.05, 0.1) is 11.4 Å². The average molecular weight is 267 g/mol. The number of ketones is 1. The quantitative estimate of drug-likeness (QED) is 0.615. The number of hydrogen-bond donors (Lipinski definition) is 0. The molecule has 0 unspecified atom stereocenters. The molecule has 2 nitrogen and oxygen atoms in total. The topological polar surface area (TPSA) is 26.3 Å². The van der Waals surface area contributed by atoms with Gasteiger partial charge >= 0.3 is 6.36 Å². The van der Waals surface area contributed by atoms with Crippen LogP contribution in [-0.4, -0.2) is 18.0 Å². The Kier molecular flexibility index (Phi) is 4.40. The molecule has 94 valence electrons. The zero-order chi connectivity index (χ0) is 13.1. The third-order valence-electron chi connectivity index (χ3n) is 2.12. The molecule has 0 saturated heterocycles. The van der Waals surface area contributed by atoms with E-state index in [0.29, 0.717) is 12.0 Å². The van der Waals surface area contributed by atoms with Crippen molar-refractivity contribution in [2.24, 2.45) is 0 Å². The molecule has 6 heteroatoms. The molecule has 17 heavy (non-hydrogen) atoms. The van der Waals surface area contributed by atoms with Gasteiger partial charge in [0.15, 0.2) is 5.78 Å². The maximum Gasteiger partial charge on any atom is 0.573 e. The molecule has 0 N–H and O–H groups in total. The number of carbonyl (C=O) groups is 1. The van der Waals surface area contributed by atoms with Crippen LogP contribution in [0.2, 0.25) is 0 Å². The summed E-state index contributed by atoms with van der Waals surface area (Å²) < 4.78 is 40.3. The van der Waals surface area contributed by atoms with Crippen LogP contribution in [0.25, 0.3) is 0 Å². The van der Waals surface area contributed by atoms with Crippen molar-refractivity contribution in [3.63, 3.8) is 0 Å². The molecule has 0 aliphatic heterocycles. The van der Waals surface area contributed by atoms with Gasteiger partial charge in [0, 0.05) is 0 Å². The van der Waals surface area contributed by atoms with E-state index >= 15 is 0 Å². The molecular formula is C11H10ClF3O2. The number of hydrogen-bond acceptors (Lipinski definition) is 2. The smallest absolute Gasteiger partial charge is 0.405 e. The number of ether oxygens (including phenoxy) is 1. The minimum atomic E-state index is -4.83. The zero-order valence-corrected chi connectivity index (χ0v) is 9.73. The third kappa shape index (κ3) is 3.63. The first-order chi connectivity index (χ1) is 7.89. The Balaban J connectivity index is 3.24. The SMILES string of the molecule is CCc1cccc(OC(F)(F)F)c1C(=O)CCl. The summed E-state index contributed by atoms with van der Waals surface area (Å²) in [6, 6.07) is 4.08. The Morgan fingerprint density at radius 3 is 2.53 bits per heavy atom. The molecule has 0 bridgehead atoms. The second-order valence-corrected chi connectivity index (χ2v) is 3.52. The highest BCUT2D eigenvalue weighted by Crippen LogP contribution is 2.29. The number of alkyl halides is 4. The number of benzene rings is 1. The first kappa shape index (κ1) is 13.8. The van der Waals surface area contributed by atoms with E-state index in [1.165, 1.54) is 6.07 Å². The number of Topliss-reactive ketones (excluding diaryl/α,β-unsaturated/α-hetero) is 1. The summed E-state index contributed by atoms with van der Waals surface area (Å²) in [5.41, 5.74) is 0.389. The fourth-order valence-electron chi connectivity index (χ4n) is 1.46. The molecule has 0 saturated carbocycles. The fraction of sp³-hybridized carbons (Fsp3) is 0.364. The summed E-state index contributed by atoms with van der Waals surface area (Å²) in [7, 11) is 0. The lowest BCUT2D eigenvalue weighted by Gasteiger charge is -2.14. The highest BCUT2D eigenvalue weighted by atomic mass is 35.5. The molecule has 0 aliphatic carbocycles. The van der Waals surface area contributed by atoms with Crippen molar-refractivity contribution >= 4 is 17.4 Å². The van der Waals surface area contributed by atoms with Crippen LogP contribution < -0.4 is 4.74 Å². The van der Waals surface area contributed by atoms with Crippen LogP contribution in [0.4, 0.5) is 13.2 Å². The Morgan fingerprint density at radius 2 is 2.06 bits per heavy atom. The summed E-state index contributed by atoms with van der Waals surface area (Å²) in [5, 5.41) is 0. The van der Waals surface area contributed by atoms with Gasteiger partial charge in [0.2, 0.25) is 0 Å². The second kappa shape index (κ2) is 5.40. The van der Waals surface area contributed by atoms with Crippen LogP contribution in [0.1, 0.15) is 22.8 Å². The first-order valence-corrected chi connectivity index (χ1v) is 5.39. The van der Waals surface area contributed by atoms with Crippen molar-refractivity contribution in [2.75, 3.05) is 5.88 Å². The Labute approximate surface area is 101 Å². The molecule has 0 heterocycles. The van der Waals surface area contributed by atoms with Crippen LogP contribution in [0.5, 0.6) is 5.75 Å². The Hall–Kier alpha value is -1.23. The van der Waals surface area contributed by atoms with E-state index in [9.17, 15) is 18.0 Å². The highest BCUT2D eigenvalue weighted by molar-refractivity contribution is 6.31. The van der Waals surface area contributed by atoms with Crippen LogP contribution in [0.15, 0.2) is 18.2 Å². The van der Waals surface area contributed by atoms with Crippen molar-refractivity contribution in [3.05, 3.63) is 29.3 Å². The third-order valence-corrected chi connectivity index (χ3v) is 2.36. The predicted octanol–water partition coefficient (Wildman–Crippen LogP) is 3.57. The van der Waals surface area contributed by atoms with Crippen molar-refractivity contribution in [1.29, 1.82) is 0 Å². The molecule has 0 aliphatic rings. The van der Waals surface area contributed by atoms with Crippen LogP contribution >= 0.6 is 11.6 Å². The van der Waals surface area contributed by atoms with E-state index < -0.39 is 17.9 Å². The monoisotopic (exact) mass is 266 g/mol. The number of halogens is 4. The predicted molar refractivity (Wildman–Crippen MR) is 57.6 cm³/mol. The Bertz CT molecular complexity index is 416. The largest absolute Gasteiger partial charge is 0.573 e. The normalized spacial score (nSPS) is 11.4. The average Bonchev–Trinajstić information content (AvgIpc) is 2.25. The summed E-state index contributed by atoms with van der Waals surface area (Å²) in [6.45, 7) is 1.73. The summed E-state index contributed by atoms with van der Waals surface area (Å²) >= 11 is 5.37. The number of rotatable bonds is 4. The maximum absolute atomic E-state index is 12.2. The van der Waals surface area contributed by atoms with Gasteiger partial charge in [-0.25, -0.2) is 0 Å². The van der Waals surface area contributed by atoms with Gasteiger partial charge in [-0.2, -0.15) is 0 Å². The van der Waals surface area contributed by atoms with Gasteiger partial charge in [-0.05, 0) is 18.1 Å². The fourth-order valence-corrected chi connectivity index (χ4v) is 1.60. The molecule has 1 rings (SSSR count). The molecule has 1 aromatic rings. The van der Waals surface area contributed by atoms with E-state index in [1.807, 2.05) is 0 Å². The summed E-state index contributed by atoms with van der Waals surface area (Å²) in [6.07, 6.45) is -4.40. The van der Waals surface area contributed by atoms with Crippen molar-refractivity contribution in [1.82, 2.24) is 0 Å². The van der Waals surface area contributed by atoms with E-state index in [4.69, 9.17) is 11.6 Å². The van der Waals surface area contributed by atoms with Gasteiger partial charge in [-0.3, -0.25) is 4.79 Å². The lowest BCUT2D eigenvalue weighted by atomic mass is 10.0. The van der Waals surface area contributed by atoms with Gasteiger partial charge in [-0.1, -0.05) is 19.1 Å². The van der Waals surface area contributed by atoms with Gasteiger partial charge in [0.1, 0.15) is 5.75 Å². The summed E-state index contributed by atoms with van der Waals surface area (Å²) in [5.74, 6) is -1.46. The minimum Gasteiger partial charge on any atom is -0.405 e. The molecule has 0 atom stereocenters. The van der Waals surface area contributed by atoms with Crippen molar-refractivity contribution < 1.29 is 22.7 Å². The van der Waals surface area contributed by atoms with E-state index in [0.717, 1.165) is 6.07 Å². The molecule has 0 fully saturated rings. The van der Waals surface area contributed by atoms with Crippen LogP contribution in [-0.2, 0) is 6.42 Å². The van der Waals surface area contributed by atoms with Crippen LogP contribution in [0.3, 0.4) is 0 Å². The lowest BCUT2D eigenvalue weighted by Crippen LogP contribution is -2.20. The highest BCUT2D eigenvalue weighted by Gasteiger charge is 2.33. The van der Waals surface area contributed by atoms with Gasteiger partial charge in [-0.15, -0.1) is 24.8 Å². The van der Waals surface area contributed by atoms with E-state index in [-0.39, 0.29) is 11.4 Å². The number of aryl methyl sites for hydroxylation is 1. The van der Waals surface area contributed by atoms with Crippen LogP contribution in [0, 0.1) is 0 Å². The standard InChI is InChI=1S/C11H10ClF3O2/c1-2-7-4-3-5-9(17-11(13,14)15)10(7)8(16)6-12/h3-5H,2,6H2,1H3. The molecule has 0 amide bonds. The van der Waals surface area contributed by atoms with Crippen molar-refractivity contribution in [3.8, 4) is 5.75 Å². The van der Waals surface area contributed by atoms with Gasteiger partial charge in [0.25, 0.3) is 0 Å². The lowest BCUT2D eigenvalue weighted by molar-refractivity contribution is -0.274. The number of carbonyl (C=O) groups excluding carboxylic acids is 1. The molecule has 0 aromatic heterocycles. The molecular weight excluding hydrogens is 257 g/mol. The Morgan fingerprint density at radius 1 is 1.41 bits per heavy atom. The van der Waals surface area contributed by atoms with E-state index in [2.05, 4.69) is 4.74 Å². The van der Waals surface area contributed by atoms with Gasteiger partial charge < -0.3 is 4.74 Å². The van der Waals surface area contributed by atoms with E-state index in [1.54, 1.807) is 13.0 Å².